The maximum absolute atomic E-state index is 6.08. The Morgan fingerprint density at radius 3 is 2.59 bits per heavy atom. The number of anilines is 1. The van der Waals surface area contributed by atoms with E-state index in [-0.39, 0.29) is 0 Å². The highest BCUT2D eigenvalue weighted by molar-refractivity contribution is 9.10. The van der Waals surface area contributed by atoms with Gasteiger partial charge in [-0.3, -0.25) is 5.43 Å². The van der Waals surface area contributed by atoms with Crippen molar-refractivity contribution in [3.63, 3.8) is 0 Å². The van der Waals surface area contributed by atoms with Gasteiger partial charge in [0, 0.05) is 10.6 Å². The van der Waals surface area contributed by atoms with Crippen LogP contribution in [0, 0.1) is 6.92 Å². The third-order valence-electron chi connectivity index (χ3n) is 3.08. The molecule has 0 atom stereocenters. The van der Waals surface area contributed by atoms with E-state index in [1.165, 1.54) is 0 Å². The van der Waals surface area contributed by atoms with Crippen LogP contribution in [0.15, 0.2) is 39.9 Å². The zero-order chi connectivity index (χ0) is 16.1. The van der Waals surface area contributed by atoms with Gasteiger partial charge in [0.15, 0.2) is 11.5 Å². The molecule has 0 saturated carbocycles. The second kappa shape index (κ2) is 7.51. The third-order valence-corrected chi connectivity index (χ3v) is 4.31. The lowest BCUT2D eigenvalue weighted by Gasteiger charge is -2.11. The molecule has 2 rings (SSSR count). The molecule has 0 fully saturated rings. The van der Waals surface area contributed by atoms with Crippen molar-refractivity contribution in [3.05, 3.63) is 51.0 Å². The van der Waals surface area contributed by atoms with Crippen LogP contribution in [0.5, 0.6) is 11.5 Å². The first-order valence-electron chi connectivity index (χ1n) is 6.52. The zero-order valence-electron chi connectivity index (χ0n) is 12.5. The van der Waals surface area contributed by atoms with Gasteiger partial charge in [0.2, 0.25) is 0 Å². The molecule has 0 radical (unpaired) electrons. The second-order valence-corrected chi connectivity index (χ2v) is 5.74. The third kappa shape index (κ3) is 3.72. The summed E-state index contributed by atoms with van der Waals surface area (Å²) >= 11 is 9.57. The summed E-state index contributed by atoms with van der Waals surface area (Å²) in [5.74, 6) is 1.29. The molecule has 0 aliphatic rings. The number of hydrogen-bond donors (Lipinski definition) is 1. The number of rotatable bonds is 5. The molecule has 0 unspecified atom stereocenters. The van der Waals surface area contributed by atoms with Crippen molar-refractivity contribution in [2.75, 3.05) is 19.6 Å². The lowest BCUT2D eigenvalue weighted by Crippen LogP contribution is -1.96. The molecule has 116 valence electrons. The van der Waals surface area contributed by atoms with Gasteiger partial charge in [-0.1, -0.05) is 17.7 Å². The predicted octanol–water partition coefficient (Wildman–Crippen LogP) is 4.87. The Labute approximate surface area is 143 Å². The van der Waals surface area contributed by atoms with Crippen LogP contribution in [-0.4, -0.2) is 20.4 Å². The van der Waals surface area contributed by atoms with Crippen molar-refractivity contribution in [2.24, 2.45) is 5.10 Å². The van der Waals surface area contributed by atoms with Gasteiger partial charge in [-0.2, -0.15) is 5.10 Å². The lowest BCUT2D eigenvalue weighted by atomic mass is 10.2. The Morgan fingerprint density at radius 1 is 1.18 bits per heavy atom. The molecule has 2 aromatic rings. The summed E-state index contributed by atoms with van der Waals surface area (Å²) in [6.45, 7) is 1.95. The molecule has 0 aromatic heterocycles. The number of hydrogen-bond acceptors (Lipinski definition) is 4. The molecule has 2 aromatic carbocycles. The fourth-order valence-electron chi connectivity index (χ4n) is 1.84. The first-order valence-corrected chi connectivity index (χ1v) is 7.69. The van der Waals surface area contributed by atoms with E-state index in [1.54, 1.807) is 20.4 Å². The number of hydrazone groups is 1. The largest absolute Gasteiger partial charge is 0.493 e. The summed E-state index contributed by atoms with van der Waals surface area (Å²) < 4.78 is 11.3. The highest BCUT2D eigenvalue weighted by Crippen LogP contribution is 2.36. The van der Waals surface area contributed by atoms with E-state index in [0.29, 0.717) is 16.5 Å². The summed E-state index contributed by atoms with van der Waals surface area (Å²) in [7, 11) is 3.19. The lowest BCUT2D eigenvalue weighted by molar-refractivity contribution is 0.353. The Balaban J connectivity index is 2.18. The van der Waals surface area contributed by atoms with Crippen molar-refractivity contribution in [3.8, 4) is 11.5 Å². The number of methoxy groups -OCH3 is 2. The number of ether oxygens (including phenoxy) is 2. The first-order chi connectivity index (χ1) is 10.6. The normalized spacial score (nSPS) is 10.8. The van der Waals surface area contributed by atoms with E-state index >= 15 is 0 Å². The van der Waals surface area contributed by atoms with Gasteiger partial charge >= 0.3 is 0 Å². The second-order valence-electron chi connectivity index (χ2n) is 4.54. The highest BCUT2D eigenvalue weighted by Gasteiger charge is 2.11. The predicted molar refractivity (Wildman–Crippen MR) is 94.7 cm³/mol. The van der Waals surface area contributed by atoms with Crippen molar-refractivity contribution >= 4 is 39.4 Å². The summed E-state index contributed by atoms with van der Waals surface area (Å²) in [5.41, 5.74) is 5.66. The molecule has 0 bridgehead atoms. The van der Waals surface area contributed by atoms with Gasteiger partial charge in [-0.05, 0) is 52.7 Å². The molecular formula is C16H16BrClN2O2. The first kappa shape index (κ1) is 16.6. The summed E-state index contributed by atoms with van der Waals surface area (Å²) in [4.78, 5) is 0. The van der Waals surface area contributed by atoms with Gasteiger partial charge in [0.25, 0.3) is 0 Å². The summed E-state index contributed by atoms with van der Waals surface area (Å²) in [6, 6.07) is 9.40. The average molecular weight is 384 g/mol. The van der Waals surface area contributed by atoms with Crippen LogP contribution in [0.3, 0.4) is 0 Å². The van der Waals surface area contributed by atoms with Crippen LogP contribution >= 0.6 is 27.5 Å². The van der Waals surface area contributed by atoms with Crippen LogP contribution in [0.4, 0.5) is 5.69 Å². The van der Waals surface area contributed by atoms with Crippen LogP contribution in [0.25, 0.3) is 0 Å². The molecule has 1 N–H and O–H groups in total. The van der Waals surface area contributed by atoms with Gasteiger partial charge in [0.1, 0.15) is 0 Å². The number of nitrogens with zero attached hydrogens (tertiary/aromatic N) is 1. The summed E-state index contributed by atoms with van der Waals surface area (Å²) in [6.07, 6.45) is 1.69. The number of benzene rings is 2. The fraction of sp³-hybridized carbons (Fsp3) is 0.188. The fourth-order valence-corrected chi connectivity index (χ4v) is 2.62. The molecular weight excluding hydrogens is 368 g/mol. The maximum Gasteiger partial charge on any atom is 0.175 e. The van der Waals surface area contributed by atoms with Crippen LogP contribution in [0.2, 0.25) is 5.02 Å². The Bertz CT molecular complexity index is 705. The summed E-state index contributed by atoms with van der Waals surface area (Å²) in [5, 5.41) is 4.92. The topological polar surface area (TPSA) is 42.8 Å². The minimum absolute atomic E-state index is 0.629. The van der Waals surface area contributed by atoms with Crippen molar-refractivity contribution < 1.29 is 9.47 Å². The van der Waals surface area contributed by atoms with Crippen LogP contribution in [-0.2, 0) is 0 Å². The van der Waals surface area contributed by atoms with E-state index in [9.17, 15) is 0 Å². The number of nitrogens with one attached hydrogen (secondary N) is 1. The zero-order valence-corrected chi connectivity index (χ0v) is 14.8. The molecule has 0 aliphatic carbocycles. The van der Waals surface area contributed by atoms with Gasteiger partial charge in [-0.15, -0.1) is 0 Å². The Hall–Kier alpha value is -1.72. The van der Waals surface area contributed by atoms with E-state index in [0.717, 1.165) is 21.3 Å². The van der Waals surface area contributed by atoms with Gasteiger partial charge in [0.05, 0.1) is 30.6 Å². The minimum atomic E-state index is 0.629. The monoisotopic (exact) mass is 382 g/mol. The molecule has 0 saturated heterocycles. The molecule has 6 heteroatoms. The highest BCUT2D eigenvalue weighted by atomic mass is 79.9. The number of halogens is 2. The minimum Gasteiger partial charge on any atom is -0.493 e. The smallest absolute Gasteiger partial charge is 0.175 e. The molecule has 0 spiro atoms. The van der Waals surface area contributed by atoms with E-state index in [2.05, 4.69) is 26.5 Å². The maximum atomic E-state index is 6.08. The van der Waals surface area contributed by atoms with E-state index < -0.39 is 0 Å². The molecule has 4 nitrogen and oxygen atoms in total. The molecule has 22 heavy (non-hydrogen) atoms. The molecule has 0 heterocycles. The molecule has 0 amide bonds. The Morgan fingerprint density at radius 2 is 1.95 bits per heavy atom. The molecule has 0 aliphatic heterocycles. The van der Waals surface area contributed by atoms with Crippen LogP contribution in [0.1, 0.15) is 11.1 Å². The SMILES string of the molecule is COc1ccc(/C=N/Nc2ccc(C)c(Cl)c2)c(Br)c1OC. The van der Waals surface area contributed by atoms with E-state index in [1.807, 2.05) is 37.3 Å². The van der Waals surface area contributed by atoms with Gasteiger partial charge < -0.3 is 9.47 Å². The van der Waals surface area contributed by atoms with Crippen LogP contribution < -0.4 is 14.9 Å². The number of aryl methyl sites for hydroxylation is 1. The van der Waals surface area contributed by atoms with E-state index in [4.69, 9.17) is 21.1 Å². The standard InChI is InChI=1S/C16H16BrClN2O2/c1-10-4-6-12(8-13(10)18)20-19-9-11-5-7-14(21-2)16(22-3)15(11)17/h4-9,20H,1-3H3/b19-9+. The van der Waals surface area contributed by atoms with Gasteiger partial charge in [-0.25, -0.2) is 0 Å². The van der Waals surface area contributed by atoms with Crippen molar-refractivity contribution in [2.45, 2.75) is 6.92 Å². The Kier molecular flexibility index (Phi) is 5.69. The average Bonchev–Trinajstić information content (AvgIpc) is 2.52. The quantitative estimate of drug-likeness (QED) is 0.591. The van der Waals surface area contributed by atoms with Crippen molar-refractivity contribution in [1.29, 1.82) is 0 Å². The van der Waals surface area contributed by atoms with Crippen molar-refractivity contribution in [1.82, 2.24) is 0 Å².